The zero-order valence-electron chi connectivity index (χ0n) is 9.77. The molecule has 100 valence electrons. The Balaban J connectivity index is 2.63. The molecule has 5 heteroatoms. The van der Waals surface area contributed by atoms with E-state index in [0.29, 0.717) is 12.3 Å². The molecule has 0 aliphatic rings. The van der Waals surface area contributed by atoms with Crippen LogP contribution in [0.15, 0.2) is 24.3 Å². The van der Waals surface area contributed by atoms with E-state index in [1.54, 1.807) is 0 Å². The molecular formula is C13H14ClF3O. The summed E-state index contributed by atoms with van der Waals surface area (Å²) in [5.41, 5.74) is -0.662. The molecule has 0 saturated heterocycles. The van der Waals surface area contributed by atoms with E-state index < -0.39 is 11.7 Å². The summed E-state index contributed by atoms with van der Waals surface area (Å²) in [5.74, 6) is 0.285. The van der Waals surface area contributed by atoms with E-state index in [4.69, 9.17) is 11.6 Å². The summed E-state index contributed by atoms with van der Waals surface area (Å²) in [4.78, 5) is 11.7. The second-order valence-electron chi connectivity index (χ2n) is 4.00. The van der Waals surface area contributed by atoms with Gasteiger partial charge in [0, 0.05) is 17.9 Å². The van der Waals surface area contributed by atoms with Gasteiger partial charge in [-0.3, -0.25) is 4.79 Å². The molecule has 0 fully saturated rings. The number of ketones is 1. The lowest BCUT2D eigenvalue weighted by atomic mass is 10.0. The van der Waals surface area contributed by atoms with E-state index in [2.05, 4.69) is 0 Å². The fraction of sp³-hybridized carbons (Fsp3) is 0.462. The number of rotatable bonds is 6. The summed E-state index contributed by atoms with van der Waals surface area (Å²) in [6, 6.07) is 4.54. The third-order valence-corrected chi connectivity index (χ3v) is 2.82. The second kappa shape index (κ2) is 6.78. The van der Waals surface area contributed by atoms with Crippen molar-refractivity contribution < 1.29 is 18.0 Å². The van der Waals surface area contributed by atoms with Crippen molar-refractivity contribution in [3.05, 3.63) is 35.4 Å². The van der Waals surface area contributed by atoms with Gasteiger partial charge in [0.2, 0.25) is 0 Å². The predicted molar refractivity (Wildman–Crippen MR) is 65.0 cm³/mol. The third-order valence-electron chi connectivity index (χ3n) is 2.55. The molecule has 0 aromatic heterocycles. The van der Waals surface area contributed by atoms with Crippen molar-refractivity contribution in [1.29, 1.82) is 0 Å². The molecule has 0 unspecified atom stereocenters. The first-order valence-corrected chi connectivity index (χ1v) is 6.25. The number of benzene rings is 1. The molecule has 1 aromatic rings. The van der Waals surface area contributed by atoms with Crippen LogP contribution in [0.4, 0.5) is 13.2 Å². The Morgan fingerprint density at radius 2 is 1.89 bits per heavy atom. The lowest BCUT2D eigenvalue weighted by molar-refractivity contribution is -0.137. The Kier molecular flexibility index (Phi) is 5.66. The fourth-order valence-corrected chi connectivity index (χ4v) is 1.76. The zero-order chi connectivity index (χ0) is 13.6. The maximum absolute atomic E-state index is 12.5. The number of hydrogen-bond donors (Lipinski definition) is 0. The molecule has 0 bridgehead atoms. The van der Waals surface area contributed by atoms with E-state index in [1.165, 1.54) is 12.1 Å². The van der Waals surface area contributed by atoms with Crippen LogP contribution in [-0.4, -0.2) is 11.7 Å². The van der Waals surface area contributed by atoms with E-state index in [9.17, 15) is 18.0 Å². The lowest BCUT2D eigenvalue weighted by Crippen LogP contribution is -2.07. The van der Waals surface area contributed by atoms with E-state index in [-0.39, 0.29) is 17.8 Å². The Labute approximate surface area is 109 Å². The molecule has 0 atom stereocenters. The van der Waals surface area contributed by atoms with Crippen LogP contribution in [0.5, 0.6) is 0 Å². The van der Waals surface area contributed by atoms with Gasteiger partial charge in [-0.1, -0.05) is 18.6 Å². The first kappa shape index (κ1) is 15.0. The van der Waals surface area contributed by atoms with Crippen LogP contribution in [0.1, 0.15) is 41.6 Å². The molecule has 0 radical (unpaired) electrons. The van der Waals surface area contributed by atoms with Gasteiger partial charge in [-0.2, -0.15) is 13.2 Å². The highest BCUT2D eigenvalue weighted by atomic mass is 35.5. The number of unbranched alkanes of at least 4 members (excludes halogenated alkanes) is 2. The summed E-state index contributed by atoms with van der Waals surface area (Å²) in [6.07, 6.45) is -1.86. The van der Waals surface area contributed by atoms with Crippen molar-refractivity contribution >= 4 is 17.4 Å². The summed E-state index contributed by atoms with van der Waals surface area (Å²) < 4.78 is 37.4. The number of halogens is 4. The van der Waals surface area contributed by atoms with Crippen LogP contribution in [0.2, 0.25) is 0 Å². The highest BCUT2D eigenvalue weighted by Gasteiger charge is 2.30. The van der Waals surface area contributed by atoms with Gasteiger partial charge >= 0.3 is 6.18 Å². The number of alkyl halides is 4. The van der Waals surface area contributed by atoms with Crippen molar-refractivity contribution in [3.8, 4) is 0 Å². The third kappa shape index (κ3) is 4.69. The van der Waals surface area contributed by atoms with Crippen molar-refractivity contribution in [1.82, 2.24) is 0 Å². The van der Waals surface area contributed by atoms with Crippen LogP contribution in [0.25, 0.3) is 0 Å². The van der Waals surface area contributed by atoms with E-state index >= 15 is 0 Å². The van der Waals surface area contributed by atoms with Crippen LogP contribution < -0.4 is 0 Å². The Morgan fingerprint density at radius 1 is 1.17 bits per heavy atom. The predicted octanol–water partition coefficient (Wildman–Crippen LogP) is 4.69. The summed E-state index contributed by atoms with van der Waals surface area (Å²) in [7, 11) is 0. The van der Waals surface area contributed by atoms with Crippen LogP contribution in [-0.2, 0) is 6.18 Å². The standard InChI is InChI=1S/C13H14ClF3O/c14-8-3-1-2-7-12(18)10-5-4-6-11(9-10)13(15,16)17/h4-6,9H,1-3,7-8H2. The molecule has 0 amide bonds. The van der Waals surface area contributed by atoms with Gasteiger partial charge in [0.15, 0.2) is 5.78 Å². The minimum Gasteiger partial charge on any atom is -0.294 e. The Morgan fingerprint density at radius 3 is 2.50 bits per heavy atom. The molecule has 0 heterocycles. The average molecular weight is 279 g/mol. The molecule has 1 rings (SSSR count). The van der Waals surface area contributed by atoms with Crippen molar-refractivity contribution in [2.24, 2.45) is 0 Å². The van der Waals surface area contributed by atoms with E-state index in [1.807, 2.05) is 0 Å². The molecule has 0 saturated carbocycles. The average Bonchev–Trinajstić information content (AvgIpc) is 2.33. The van der Waals surface area contributed by atoms with Crippen molar-refractivity contribution in [2.75, 3.05) is 5.88 Å². The Hall–Kier alpha value is -1.03. The van der Waals surface area contributed by atoms with Crippen molar-refractivity contribution in [2.45, 2.75) is 31.9 Å². The zero-order valence-corrected chi connectivity index (χ0v) is 10.5. The normalized spacial score (nSPS) is 11.6. The highest BCUT2D eigenvalue weighted by molar-refractivity contribution is 6.17. The molecule has 0 aliphatic carbocycles. The monoisotopic (exact) mass is 278 g/mol. The van der Waals surface area contributed by atoms with Gasteiger partial charge in [0.05, 0.1) is 5.56 Å². The smallest absolute Gasteiger partial charge is 0.294 e. The maximum Gasteiger partial charge on any atom is 0.416 e. The van der Waals surface area contributed by atoms with Gasteiger partial charge in [-0.15, -0.1) is 11.6 Å². The Bertz CT molecular complexity index is 401. The number of carbonyl (C=O) groups excluding carboxylic acids is 1. The molecular weight excluding hydrogens is 265 g/mol. The van der Waals surface area contributed by atoms with Crippen LogP contribution >= 0.6 is 11.6 Å². The minimum absolute atomic E-state index is 0.121. The number of Topliss-reactive ketones (excluding diaryl/α,β-unsaturated/α-hetero) is 1. The summed E-state index contributed by atoms with van der Waals surface area (Å²) >= 11 is 5.49. The first-order valence-electron chi connectivity index (χ1n) is 5.71. The SMILES string of the molecule is O=C(CCCCCCl)c1cccc(C(F)(F)F)c1. The molecule has 1 nitrogen and oxygen atoms in total. The largest absolute Gasteiger partial charge is 0.416 e. The quantitative estimate of drug-likeness (QED) is 0.419. The first-order chi connectivity index (χ1) is 8.45. The topological polar surface area (TPSA) is 17.1 Å². The highest BCUT2D eigenvalue weighted by Crippen LogP contribution is 2.29. The lowest BCUT2D eigenvalue weighted by Gasteiger charge is -2.08. The van der Waals surface area contributed by atoms with Gasteiger partial charge in [0.1, 0.15) is 0 Å². The second-order valence-corrected chi connectivity index (χ2v) is 4.38. The van der Waals surface area contributed by atoms with Crippen molar-refractivity contribution in [3.63, 3.8) is 0 Å². The number of hydrogen-bond acceptors (Lipinski definition) is 1. The minimum atomic E-state index is -4.41. The van der Waals surface area contributed by atoms with Gasteiger partial charge < -0.3 is 0 Å². The molecule has 18 heavy (non-hydrogen) atoms. The van der Waals surface area contributed by atoms with Gasteiger partial charge in [-0.25, -0.2) is 0 Å². The van der Waals surface area contributed by atoms with Crippen LogP contribution in [0, 0.1) is 0 Å². The van der Waals surface area contributed by atoms with Crippen LogP contribution in [0.3, 0.4) is 0 Å². The fourth-order valence-electron chi connectivity index (χ4n) is 1.57. The van der Waals surface area contributed by atoms with Gasteiger partial charge in [0.25, 0.3) is 0 Å². The van der Waals surface area contributed by atoms with Gasteiger partial charge in [-0.05, 0) is 25.0 Å². The molecule has 0 N–H and O–H groups in total. The summed E-state index contributed by atoms with van der Waals surface area (Å²) in [6.45, 7) is 0. The van der Waals surface area contributed by atoms with E-state index in [0.717, 1.165) is 25.0 Å². The maximum atomic E-state index is 12.5. The number of carbonyl (C=O) groups is 1. The molecule has 1 aromatic carbocycles. The molecule has 0 aliphatic heterocycles. The summed E-state index contributed by atoms with van der Waals surface area (Å²) in [5, 5.41) is 0. The molecule has 0 spiro atoms.